The van der Waals surface area contributed by atoms with Gasteiger partial charge in [0.25, 0.3) is 0 Å². The normalized spacial score (nSPS) is 19.6. The molecule has 1 heterocycles. The molecule has 0 aliphatic carbocycles. The van der Waals surface area contributed by atoms with Crippen LogP contribution in [0, 0.1) is 0 Å². The van der Waals surface area contributed by atoms with Gasteiger partial charge in [0, 0.05) is 23.2 Å². The van der Waals surface area contributed by atoms with Crippen molar-refractivity contribution in [2.24, 2.45) is 0 Å². The fraction of sp³-hybridized carbons (Fsp3) is 0.588. The Hall–Kier alpha value is -1.30. The van der Waals surface area contributed by atoms with Gasteiger partial charge in [0.2, 0.25) is 0 Å². The Bertz CT molecular complexity index is 539. The second-order valence-corrected chi connectivity index (χ2v) is 6.56. The van der Waals surface area contributed by atoms with Crippen LogP contribution in [0.4, 0.5) is 0 Å². The lowest BCUT2D eigenvalue weighted by Gasteiger charge is -2.25. The van der Waals surface area contributed by atoms with E-state index in [1.54, 1.807) is 7.11 Å². The summed E-state index contributed by atoms with van der Waals surface area (Å²) >= 11 is 6.10. The smallest absolute Gasteiger partial charge is 0.317 e. The minimum atomic E-state index is -0.766. The number of carboxylic acids is 1. The minimum Gasteiger partial charge on any atom is -0.496 e. The molecular formula is C17H25ClN2O3. The van der Waals surface area contributed by atoms with Crippen molar-refractivity contribution < 1.29 is 14.6 Å². The van der Waals surface area contributed by atoms with Gasteiger partial charge in [-0.15, -0.1) is 0 Å². The van der Waals surface area contributed by atoms with E-state index in [-0.39, 0.29) is 6.54 Å². The van der Waals surface area contributed by atoms with E-state index in [0.717, 1.165) is 55.2 Å². The average molecular weight is 341 g/mol. The third kappa shape index (κ3) is 5.37. The molecule has 5 nitrogen and oxygen atoms in total. The van der Waals surface area contributed by atoms with Gasteiger partial charge in [0.05, 0.1) is 13.7 Å². The topological polar surface area (TPSA) is 53.0 Å². The number of halogens is 1. The molecule has 1 aromatic carbocycles. The first-order chi connectivity index (χ1) is 11.0. The molecule has 6 heteroatoms. The summed E-state index contributed by atoms with van der Waals surface area (Å²) in [6.07, 6.45) is 3.08. The molecule has 1 N–H and O–H groups in total. The van der Waals surface area contributed by atoms with Crippen molar-refractivity contribution in [2.45, 2.75) is 31.8 Å². The molecule has 23 heavy (non-hydrogen) atoms. The SMILES string of the molecule is COc1ccc(Cl)cc1CN1CCCC(N(C)CC(=O)O)CC1. The van der Waals surface area contributed by atoms with Crippen molar-refractivity contribution in [1.29, 1.82) is 0 Å². The molecule has 0 amide bonds. The summed E-state index contributed by atoms with van der Waals surface area (Å²) in [5.41, 5.74) is 1.09. The molecule has 0 saturated carbocycles. The Labute approximate surface area is 142 Å². The van der Waals surface area contributed by atoms with Crippen molar-refractivity contribution in [3.63, 3.8) is 0 Å². The summed E-state index contributed by atoms with van der Waals surface area (Å²) in [6, 6.07) is 6.03. The summed E-state index contributed by atoms with van der Waals surface area (Å²) in [5, 5.41) is 9.65. The van der Waals surface area contributed by atoms with E-state index < -0.39 is 5.97 Å². The largest absolute Gasteiger partial charge is 0.496 e. The maximum absolute atomic E-state index is 10.9. The number of nitrogens with zero attached hydrogens (tertiary/aromatic N) is 2. The number of hydrogen-bond acceptors (Lipinski definition) is 4. The van der Waals surface area contributed by atoms with Gasteiger partial charge in [-0.1, -0.05) is 11.6 Å². The van der Waals surface area contributed by atoms with Gasteiger partial charge < -0.3 is 9.84 Å². The van der Waals surface area contributed by atoms with Gasteiger partial charge in [-0.05, 0) is 57.6 Å². The fourth-order valence-corrected chi connectivity index (χ4v) is 3.39. The second-order valence-electron chi connectivity index (χ2n) is 6.13. The molecule has 1 unspecified atom stereocenters. The van der Waals surface area contributed by atoms with Crippen LogP contribution in [0.3, 0.4) is 0 Å². The molecule has 1 aliphatic heterocycles. The minimum absolute atomic E-state index is 0.104. The molecule has 0 bridgehead atoms. The second kappa shape index (κ2) is 8.52. The molecule has 1 saturated heterocycles. The number of aliphatic carboxylic acids is 1. The molecule has 2 rings (SSSR count). The highest BCUT2D eigenvalue weighted by molar-refractivity contribution is 6.30. The first-order valence-corrected chi connectivity index (χ1v) is 8.34. The Morgan fingerprint density at radius 1 is 1.43 bits per heavy atom. The number of ether oxygens (including phenoxy) is 1. The number of carbonyl (C=O) groups is 1. The van der Waals surface area contributed by atoms with E-state index in [4.69, 9.17) is 21.4 Å². The van der Waals surface area contributed by atoms with Gasteiger partial charge in [-0.3, -0.25) is 14.6 Å². The van der Waals surface area contributed by atoms with Gasteiger partial charge in [0.1, 0.15) is 5.75 Å². The number of likely N-dealkylation sites (tertiary alicyclic amines) is 1. The van der Waals surface area contributed by atoms with Crippen molar-refractivity contribution >= 4 is 17.6 Å². The zero-order valence-corrected chi connectivity index (χ0v) is 14.6. The standard InChI is InChI=1S/C17H25ClN2O3/c1-19(12-17(21)22)15-4-3-8-20(9-7-15)11-13-10-14(18)5-6-16(13)23-2/h5-6,10,15H,3-4,7-9,11-12H2,1-2H3,(H,21,22). The summed E-state index contributed by atoms with van der Waals surface area (Å²) in [6.45, 7) is 2.86. The van der Waals surface area contributed by atoms with Crippen LogP contribution in [0.2, 0.25) is 5.02 Å². The maximum atomic E-state index is 10.9. The predicted octanol–water partition coefficient (Wildman–Crippen LogP) is 2.72. The Balaban J connectivity index is 1.96. The number of hydrogen-bond donors (Lipinski definition) is 1. The van der Waals surface area contributed by atoms with Gasteiger partial charge in [0.15, 0.2) is 0 Å². The van der Waals surface area contributed by atoms with Gasteiger partial charge in [-0.25, -0.2) is 0 Å². The lowest BCUT2D eigenvalue weighted by Crippen LogP contribution is -2.36. The van der Waals surface area contributed by atoms with Crippen LogP contribution in [-0.4, -0.2) is 60.7 Å². The summed E-state index contributed by atoms with van der Waals surface area (Å²) in [4.78, 5) is 15.2. The lowest BCUT2D eigenvalue weighted by molar-refractivity contribution is -0.138. The summed E-state index contributed by atoms with van der Waals surface area (Å²) < 4.78 is 5.42. The third-order valence-corrected chi connectivity index (χ3v) is 4.67. The van der Waals surface area contributed by atoms with Gasteiger partial charge >= 0.3 is 5.97 Å². The highest BCUT2D eigenvalue weighted by atomic mass is 35.5. The van der Waals surface area contributed by atoms with Crippen LogP contribution in [-0.2, 0) is 11.3 Å². The molecule has 1 aliphatic rings. The van der Waals surface area contributed by atoms with Crippen LogP contribution < -0.4 is 4.74 Å². The highest BCUT2D eigenvalue weighted by Crippen LogP contribution is 2.25. The number of rotatable bonds is 6. The number of likely N-dealkylation sites (N-methyl/N-ethyl adjacent to an activating group) is 1. The van der Waals surface area contributed by atoms with Crippen LogP contribution >= 0.6 is 11.6 Å². The molecule has 0 radical (unpaired) electrons. The predicted molar refractivity (Wildman–Crippen MR) is 91.2 cm³/mol. The van der Waals surface area contributed by atoms with E-state index in [1.807, 2.05) is 30.1 Å². The number of methoxy groups -OCH3 is 1. The van der Waals surface area contributed by atoms with E-state index >= 15 is 0 Å². The van der Waals surface area contributed by atoms with Crippen LogP contribution in [0.25, 0.3) is 0 Å². The third-order valence-electron chi connectivity index (χ3n) is 4.43. The molecule has 0 aromatic heterocycles. The van der Waals surface area contributed by atoms with Crippen molar-refractivity contribution in [2.75, 3.05) is 33.8 Å². The number of benzene rings is 1. The monoisotopic (exact) mass is 340 g/mol. The lowest BCUT2D eigenvalue weighted by atomic mass is 10.1. The summed E-state index contributed by atoms with van der Waals surface area (Å²) in [7, 11) is 3.57. The first-order valence-electron chi connectivity index (χ1n) is 7.96. The first kappa shape index (κ1) is 18.0. The molecule has 1 fully saturated rings. The Kier molecular flexibility index (Phi) is 6.69. The van der Waals surface area contributed by atoms with E-state index in [1.165, 1.54) is 0 Å². The van der Waals surface area contributed by atoms with E-state index in [2.05, 4.69) is 4.90 Å². The zero-order valence-electron chi connectivity index (χ0n) is 13.8. The van der Waals surface area contributed by atoms with Gasteiger partial charge in [-0.2, -0.15) is 0 Å². The van der Waals surface area contributed by atoms with E-state index in [9.17, 15) is 4.79 Å². The summed E-state index contributed by atoms with van der Waals surface area (Å²) in [5.74, 6) is 0.0930. The maximum Gasteiger partial charge on any atom is 0.317 e. The highest BCUT2D eigenvalue weighted by Gasteiger charge is 2.22. The Morgan fingerprint density at radius 3 is 2.91 bits per heavy atom. The molecule has 128 valence electrons. The zero-order chi connectivity index (χ0) is 16.8. The molecule has 0 spiro atoms. The molecular weight excluding hydrogens is 316 g/mol. The van der Waals surface area contributed by atoms with Crippen LogP contribution in [0.1, 0.15) is 24.8 Å². The Morgan fingerprint density at radius 2 is 2.22 bits per heavy atom. The molecule has 1 aromatic rings. The average Bonchev–Trinajstić information content (AvgIpc) is 2.72. The van der Waals surface area contributed by atoms with Crippen LogP contribution in [0.15, 0.2) is 18.2 Å². The quantitative estimate of drug-likeness (QED) is 0.863. The van der Waals surface area contributed by atoms with Crippen molar-refractivity contribution in [3.05, 3.63) is 28.8 Å². The van der Waals surface area contributed by atoms with Crippen LogP contribution in [0.5, 0.6) is 5.75 Å². The molecule has 1 atom stereocenters. The van der Waals surface area contributed by atoms with Crippen molar-refractivity contribution in [3.8, 4) is 5.75 Å². The van der Waals surface area contributed by atoms with E-state index in [0.29, 0.717) is 6.04 Å². The fourth-order valence-electron chi connectivity index (χ4n) is 3.19. The van der Waals surface area contributed by atoms with Crippen molar-refractivity contribution in [1.82, 2.24) is 9.80 Å². The number of carboxylic acid groups (broad SMARTS) is 1.